The first-order chi connectivity index (χ1) is 13.3. The van der Waals surface area contributed by atoms with Gasteiger partial charge in [-0.2, -0.15) is 0 Å². The predicted octanol–water partition coefficient (Wildman–Crippen LogP) is 7.06. The molecule has 0 N–H and O–H groups in total. The van der Waals surface area contributed by atoms with Gasteiger partial charge in [0, 0.05) is 19.7 Å². The summed E-state index contributed by atoms with van der Waals surface area (Å²) in [6.45, 7) is 2.29. The monoisotopic (exact) mass is 368 g/mol. The standard InChI is InChI=1S/C25H40N2/c1-3-4-5-6-7-8-9-10-11-15-21-25-26-24(22-27(25)2)20-16-19-23-17-13-12-14-18-23/h12-14,17-18,22H,3-11,15-16,19-21H2,1-2H3. The molecule has 0 spiro atoms. The third-order valence-corrected chi connectivity index (χ3v) is 5.52. The van der Waals surface area contributed by atoms with E-state index in [2.05, 4.69) is 55.1 Å². The molecule has 0 aliphatic heterocycles. The Morgan fingerprint density at radius 3 is 2.00 bits per heavy atom. The molecule has 0 atom stereocenters. The molecular weight excluding hydrogens is 328 g/mol. The Labute approximate surface area is 167 Å². The van der Waals surface area contributed by atoms with Crippen LogP contribution in [-0.2, 0) is 26.3 Å². The molecule has 0 saturated heterocycles. The van der Waals surface area contributed by atoms with Crippen LogP contribution in [0.4, 0.5) is 0 Å². The number of unbranched alkanes of at least 4 members (excludes halogenated alkanes) is 9. The van der Waals surface area contributed by atoms with Crippen LogP contribution in [0.5, 0.6) is 0 Å². The zero-order chi connectivity index (χ0) is 19.2. The summed E-state index contributed by atoms with van der Waals surface area (Å²) in [6, 6.07) is 10.8. The lowest BCUT2D eigenvalue weighted by Gasteiger charge is -2.03. The second kappa shape index (κ2) is 13.6. The van der Waals surface area contributed by atoms with Gasteiger partial charge in [-0.3, -0.25) is 0 Å². The van der Waals surface area contributed by atoms with Crippen molar-refractivity contribution in [2.24, 2.45) is 7.05 Å². The molecule has 27 heavy (non-hydrogen) atoms. The fourth-order valence-corrected chi connectivity index (χ4v) is 3.81. The van der Waals surface area contributed by atoms with Crippen molar-refractivity contribution in [3.8, 4) is 0 Å². The lowest BCUT2D eigenvalue weighted by Crippen LogP contribution is -1.97. The zero-order valence-electron chi connectivity index (χ0n) is 17.8. The summed E-state index contributed by atoms with van der Waals surface area (Å²) in [5.74, 6) is 1.27. The Bertz CT molecular complexity index is 600. The molecule has 0 saturated carbocycles. The molecule has 0 bridgehead atoms. The molecule has 2 rings (SSSR count). The van der Waals surface area contributed by atoms with Crippen molar-refractivity contribution >= 4 is 0 Å². The first kappa shape index (κ1) is 21.7. The van der Waals surface area contributed by atoms with Crippen LogP contribution >= 0.6 is 0 Å². The number of aromatic nitrogens is 2. The highest BCUT2D eigenvalue weighted by Crippen LogP contribution is 2.13. The smallest absolute Gasteiger partial charge is 0.108 e. The highest BCUT2D eigenvalue weighted by molar-refractivity contribution is 5.15. The number of nitrogens with zero attached hydrogens (tertiary/aromatic N) is 2. The van der Waals surface area contributed by atoms with Gasteiger partial charge in [0.15, 0.2) is 0 Å². The number of hydrogen-bond acceptors (Lipinski definition) is 1. The first-order valence-electron chi connectivity index (χ1n) is 11.3. The summed E-state index contributed by atoms with van der Waals surface area (Å²) in [6.07, 6.45) is 20.7. The largest absolute Gasteiger partial charge is 0.338 e. The van der Waals surface area contributed by atoms with Crippen LogP contribution in [0.1, 0.15) is 94.6 Å². The SMILES string of the molecule is CCCCCCCCCCCCc1nc(CCCc2ccccc2)cn1C. The molecule has 2 nitrogen and oxygen atoms in total. The number of imidazole rings is 1. The fraction of sp³-hybridized carbons (Fsp3) is 0.640. The van der Waals surface area contributed by atoms with Gasteiger partial charge in [0.05, 0.1) is 5.69 Å². The summed E-state index contributed by atoms with van der Waals surface area (Å²) in [5.41, 5.74) is 2.69. The van der Waals surface area contributed by atoms with E-state index < -0.39 is 0 Å². The minimum atomic E-state index is 1.08. The Morgan fingerprint density at radius 1 is 0.704 bits per heavy atom. The van der Waals surface area contributed by atoms with Crippen molar-refractivity contribution < 1.29 is 0 Å². The van der Waals surface area contributed by atoms with Crippen molar-refractivity contribution in [2.75, 3.05) is 0 Å². The van der Waals surface area contributed by atoms with E-state index >= 15 is 0 Å². The molecule has 0 radical (unpaired) electrons. The number of aryl methyl sites for hydroxylation is 4. The van der Waals surface area contributed by atoms with Crippen LogP contribution in [-0.4, -0.2) is 9.55 Å². The summed E-state index contributed by atoms with van der Waals surface area (Å²) in [7, 11) is 2.15. The van der Waals surface area contributed by atoms with Crippen LogP contribution in [0.3, 0.4) is 0 Å². The summed E-state index contributed by atoms with van der Waals surface area (Å²) >= 11 is 0. The molecule has 0 amide bonds. The van der Waals surface area contributed by atoms with Crippen molar-refractivity contribution in [2.45, 2.75) is 96.8 Å². The van der Waals surface area contributed by atoms with Gasteiger partial charge in [0.2, 0.25) is 0 Å². The first-order valence-corrected chi connectivity index (χ1v) is 11.3. The van der Waals surface area contributed by atoms with Crippen molar-refractivity contribution in [1.29, 1.82) is 0 Å². The maximum absolute atomic E-state index is 4.88. The maximum atomic E-state index is 4.88. The van der Waals surface area contributed by atoms with E-state index in [0.717, 1.165) is 19.3 Å². The Hall–Kier alpha value is -1.57. The van der Waals surface area contributed by atoms with E-state index in [1.54, 1.807) is 0 Å². The number of hydrogen-bond donors (Lipinski definition) is 0. The van der Waals surface area contributed by atoms with Crippen molar-refractivity contribution in [3.63, 3.8) is 0 Å². The van der Waals surface area contributed by atoms with Gasteiger partial charge in [0.25, 0.3) is 0 Å². The van der Waals surface area contributed by atoms with E-state index in [-0.39, 0.29) is 0 Å². The molecule has 0 unspecified atom stereocenters. The summed E-state index contributed by atoms with van der Waals surface area (Å²) < 4.78 is 2.24. The van der Waals surface area contributed by atoms with E-state index in [1.807, 2.05) is 0 Å². The van der Waals surface area contributed by atoms with Crippen LogP contribution in [0.25, 0.3) is 0 Å². The van der Waals surface area contributed by atoms with Crippen LogP contribution in [0.2, 0.25) is 0 Å². The van der Waals surface area contributed by atoms with Crippen molar-refractivity contribution in [1.82, 2.24) is 9.55 Å². The van der Waals surface area contributed by atoms with Gasteiger partial charge in [-0.25, -0.2) is 4.98 Å². The molecule has 1 heterocycles. The molecule has 0 aliphatic rings. The summed E-state index contributed by atoms with van der Waals surface area (Å²) in [4.78, 5) is 4.88. The molecule has 2 aromatic rings. The van der Waals surface area contributed by atoms with Crippen LogP contribution < -0.4 is 0 Å². The molecule has 1 aromatic heterocycles. The van der Waals surface area contributed by atoms with Crippen molar-refractivity contribution in [3.05, 3.63) is 53.6 Å². The zero-order valence-corrected chi connectivity index (χ0v) is 17.8. The van der Waals surface area contributed by atoms with Gasteiger partial charge >= 0.3 is 0 Å². The summed E-state index contributed by atoms with van der Waals surface area (Å²) in [5, 5.41) is 0. The fourth-order valence-electron chi connectivity index (χ4n) is 3.81. The quantitative estimate of drug-likeness (QED) is 0.308. The normalized spacial score (nSPS) is 11.2. The number of rotatable bonds is 15. The lowest BCUT2D eigenvalue weighted by atomic mass is 10.1. The minimum Gasteiger partial charge on any atom is -0.338 e. The van der Waals surface area contributed by atoms with Crippen LogP contribution in [0.15, 0.2) is 36.5 Å². The molecule has 1 aromatic carbocycles. The topological polar surface area (TPSA) is 17.8 Å². The van der Waals surface area contributed by atoms with Gasteiger partial charge in [0.1, 0.15) is 5.82 Å². The van der Waals surface area contributed by atoms with Crippen LogP contribution in [0, 0.1) is 0 Å². The predicted molar refractivity (Wildman–Crippen MR) is 117 cm³/mol. The van der Waals surface area contributed by atoms with Gasteiger partial charge < -0.3 is 4.57 Å². The highest BCUT2D eigenvalue weighted by Gasteiger charge is 2.05. The lowest BCUT2D eigenvalue weighted by molar-refractivity contribution is 0.552. The Kier molecular flexibility index (Phi) is 10.9. The molecule has 150 valence electrons. The van der Waals surface area contributed by atoms with Gasteiger partial charge in [-0.15, -0.1) is 0 Å². The highest BCUT2D eigenvalue weighted by atomic mass is 15.0. The molecular formula is C25H40N2. The third-order valence-electron chi connectivity index (χ3n) is 5.52. The minimum absolute atomic E-state index is 1.08. The van der Waals surface area contributed by atoms with E-state index in [4.69, 9.17) is 4.98 Å². The second-order valence-corrected chi connectivity index (χ2v) is 8.03. The van der Waals surface area contributed by atoms with Gasteiger partial charge in [-0.1, -0.05) is 95.0 Å². The van der Waals surface area contributed by atoms with Gasteiger partial charge in [-0.05, 0) is 31.2 Å². The third kappa shape index (κ3) is 9.26. The maximum Gasteiger partial charge on any atom is 0.108 e. The van der Waals surface area contributed by atoms with E-state index in [9.17, 15) is 0 Å². The number of benzene rings is 1. The van der Waals surface area contributed by atoms with E-state index in [1.165, 1.54) is 87.7 Å². The molecule has 0 fully saturated rings. The molecule has 2 heteroatoms. The van der Waals surface area contributed by atoms with E-state index in [0.29, 0.717) is 0 Å². The second-order valence-electron chi connectivity index (χ2n) is 8.03. The Morgan fingerprint density at radius 2 is 1.33 bits per heavy atom. The Balaban J connectivity index is 1.54. The molecule has 0 aliphatic carbocycles. The average molecular weight is 369 g/mol. The average Bonchev–Trinajstić information content (AvgIpc) is 3.03.